The molecule has 3 atom stereocenters. The van der Waals surface area contributed by atoms with Gasteiger partial charge in [-0.15, -0.1) is 0 Å². The summed E-state index contributed by atoms with van der Waals surface area (Å²) in [5.74, 6) is 1.58. The Hall–Kier alpha value is -0.810. The summed E-state index contributed by atoms with van der Waals surface area (Å²) in [6.45, 7) is 7.75. The molecule has 106 valence electrons. The zero-order chi connectivity index (χ0) is 13.8. The van der Waals surface area contributed by atoms with E-state index in [9.17, 15) is 9.90 Å². The van der Waals surface area contributed by atoms with Crippen LogP contribution in [0.25, 0.3) is 0 Å². The number of alkyl carbamates (subject to hydrolysis) is 1. The highest BCUT2D eigenvalue weighted by molar-refractivity contribution is 5.67. The predicted octanol–water partition coefficient (Wildman–Crippen LogP) is 1.12. The summed E-state index contributed by atoms with van der Waals surface area (Å²) >= 11 is 0. The van der Waals surface area contributed by atoms with Crippen molar-refractivity contribution in [1.29, 1.82) is 0 Å². The number of aliphatic hydroxyl groups is 1. The summed E-state index contributed by atoms with van der Waals surface area (Å²) in [4.78, 5) is 10.5. The molecular formula is C13H26N2O3. The van der Waals surface area contributed by atoms with Crippen molar-refractivity contribution in [2.45, 2.75) is 45.3 Å². The number of hydrogen-bond acceptors (Lipinski definition) is 4. The van der Waals surface area contributed by atoms with E-state index in [1.165, 1.54) is 7.05 Å². The topological polar surface area (TPSA) is 70.6 Å². The Morgan fingerprint density at radius 1 is 1.28 bits per heavy atom. The second-order valence-electron chi connectivity index (χ2n) is 6.06. The van der Waals surface area contributed by atoms with Gasteiger partial charge in [-0.05, 0) is 58.5 Å². The van der Waals surface area contributed by atoms with Gasteiger partial charge in [-0.1, -0.05) is 0 Å². The molecule has 1 aliphatic heterocycles. The lowest BCUT2D eigenvalue weighted by Crippen LogP contribution is -2.30. The Morgan fingerprint density at radius 2 is 1.78 bits per heavy atom. The van der Waals surface area contributed by atoms with Crippen molar-refractivity contribution in [1.82, 2.24) is 10.6 Å². The van der Waals surface area contributed by atoms with Crippen LogP contribution in [0.15, 0.2) is 0 Å². The Bertz CT molecular complexity index is 264. The highest BCUT2D eigenvalue weighted by Gasteiger charge is 2.36. The summed E-state index contributed by atoms with van der Waals surface area (Å²) in [6, 6.07) is 0. The first kappa shape index (κ1) is 15.2. The van der Waals surface area contributed by atoms with Crippen molar-refractivity contribution in [3.63, 3.8) is 0 Å². The smallest absolute Gasteiger partial charge is 0.407 e. The quantitative estimate of drug-likeness (QED) is 0.609. The molecule has 3 N–H and O–H groups in total. The fourth-order valence-corrected chi connectivity index (χ4v) is 2.46. The molecule has 0 aromatic rings. The van der Waals surface area contributed by atoms with Gasteiger partial charge in [0.15, 0.2) is 0 Å². The molecule has 0 aromatic carbocycles. The zero-order valence-corrected chi connectivity index (χ0v) is 11.8. The van der Waals surface area contributed by atoms with E-state index < -0.39 is 0 Å². The van der Waals surface area contributed by atoms with E-state index in [4.69, 9.17) is 4.74 Å². The van der Waals surface area contributed by atoms with Crippen molar-refractivity contribution in [3.05, 3.63) is 0 Å². The number of carbonyl (C=O) groups is 1. The number of fused-ring (bicyclic) bond motifs is 1. The first-order valence-corrected chi connectivity index (χ1v) is 6.61. The molecule has 2 aliphatic rings. The summed E-state index contributed by atoms with van der Waals surface area (Å²) in [5, 5.41) is 14.9. The van der Waals surface area contributed by atoms with E-state index in [0.29, 0.717) is 0 Å². The van der Waals surface area contributed by atoms with Gasteiger partial charge in [0.1, 0.15) is 5.60 Å². The van der Waals surface area contributed by atoms with Crippen LogP contribution in [0.5, 0.6) is 0 Å². The SMILES string of the molecule is CNC(=O)OC(C)(C)C.OC1C[C@H]2CNC[C@H]2C1. The number of aliphatic hydroxyl groups excluding tert-OH is 1. The first-order chi connectivity index (χ1) is 8.31. The van der Waals surface area contributed by atoms with E-state index >= 15 is 0 Å². The van der Waals surface area contributed by atoms with Crippen molar-refractivity contribution in [2.75, 3.05) is 20.1 Å². The molecule has 2 rings (SSSR count). The van der Waals surface area contributed by atoms with E-state index in [-0.39, 0.29) is 17.8 Å². The minimum atomic E-state index is -0.389. The number of hydrogen-bond donors (Lipinski definition) is 3. The number of carbonyl (C=O) groups excluding carboxylic acids is 1. The van der Waals surface area contributed by atoms with E-state index in [0.717, 1.165) is 37.8 Å². The Kier molecular flexibility index (Phi) is 5.41. The third-order valence-electron chi connectivity index (χ3n) is 3.23. The van der Waals surface area contributed by atoms with Crippen LogP contribution in [0.4, 0.5) is 4.79 Å². The molecular weight excluding hydrogens is 232 g/mol. The Morgan fingerprint density at radius 3 is 2.11 bits per heavy atom. The first-order valence-electron chi connectivity index (χ1n) is 6.61. The molecule has 1 amide bonds. The van der Waals surface area contributed by atoms with Gasteiger partial charge in [0.05, 0.1) is 6.10 Å². The van der Waals surface area contributed by atoms with E-state index in [1.807, 2.05) is 20.8 Å². The maximum Gasteiger partial charge on any atom is 0.407 e. The minimum absolute atomic E-state index is 0.0158. The summed E-state index contributed by atoms with van der Waals surface area (Å²) in [6.07, 6.45) is 1.71. The lowest BCUT2D eigenvalue weighted by atomic mass is 10.0. The van der Waals surface area contributed by atoms with Crippen LogP contribution in [0.1, 0.15) is 33.6 Å². The average Bonchev–Trinajstić information content (AvgIpc) is 2.75. The molecule has 5 nitrogen and oxygen atoms in total. The highest BCUT2D eigenvalue weighted by atomic mass is 16.6. The van der Waals surface area contributed by atoms with Gasteiger partial charge < -0.3 is 20.5 Å². The summed E-state index contributed by atoms with van der Waals surface area (Å²) in [5.41, 5.74) is -0.389. The standard InChI is InChI=1S/C7H13NO.C6H13NO2/c9-7-1-5-3-8-4-6(5)2-7;1-6(2,3)9-5(8)7-4/h5-9H,1-4H2;1-4H3,(H,7,8)/t5-,6+,7?;. The van der Waals surface area contributed by atoms with Crippen molar-refractivity contribution in [3.8, 4) is 0 Å². The lowest BCUT2D eigenvalue weighted by molar-refractivity contribution is 0.0541. The van der Waals surface area contributed by atoms with Crippen molar-refractivity contribution >= 4 is 6.09 Å². The fraction of sp³-hybridized carbons (Fsp3) is 0.923. The molecule has 0 spiro atoms. The van der Waals surface area contributed by atoms with Crippen LogP contribution in [0.2, 0.25) is 0 Å². The molecule has 0 radical (unpaired) electrons. The van der Waals surface area contributed by atoms with Gasteiger partial charge in [-0.3, -0.25) is 0 Å². The van der Waals surface area contributed by atoms with Crippen molar-refractivity contribution < 1.29 is 14.6 Å². The van der Waals surface area contributed by atoms with Gasteiger partial charge in [0.2, 0.25) is 0 Å². The number of amides is 1. The Labute approximate surface area is 109 Å². The van der Waals surface area contributed by atoms with Crippen LogP contribution in [-0.2, 0) is 4.74 Å². The third kappa shape index (κ3) is 5.23. The van der Waals surface area contributed by atoms with Gasteiger partial charge in [-0.2, -0.15) is 0 Å². The Balaban J connectivity index is 0.000000180. The summed E-state index contributed by atoms with van der Waals surface area (Å²) < 4.78 is 4.84. The lowest BCUT2D eigenvalue weighted by Gasteiger charge is -2.18. The molecule has 0 bridgehead atoms. The zero-order valence-electron chi connectivity index (χ0n) is 11.8. The average molecular weight is 258 g/mol. The second-order valence-corrected chi connectivity index (χ2v) is 6.06. The van der Waals surface area contributed by atoms with Crippen LogP contribution >= 0.6 is 0 Å². The minimum Gasteiger partial charge on any atom is -0.444 e. The monoisotopic (exact) mass is 258 g/mol. The van der Waals surface area contributed by atoms with Crippen LogP contribution in [0, 0.1) is 11.8 Å². The molecule has 1 saturated heterocycles. The number of nitrogens with one attached hydrogen (secondary N) is 2. The van der Waals surface area contributed by atoms with Crippen LogP contribution in [-0.4, -0.2) is 43.0 Å². The van der Waals surface area contributed by atoms with E-state index in [2.05, 4.69) is 10.6 Å². The molecule has 1 heterocycles. The maximum atomic E-state index is 10.5. The van der Waals surface area contributed by atoms with Crippen LogP contribution < -0.4 is 10.6 Å². The van der Waals surface area contributed by atoms with E-state index in [1.54, 1.807) is 0 Å². The second kappa shape index (κ2) is 6.38. The normalized spacial score (nSPS) is 30.2. The largest absolute Gasteiger partial charge is 0.444 e. The van der Waals surface area contributed by atoms with Gasteiger partial charge in [0, 0.05) is 7.05 Å². The third-order valence-corrected chi connectivity index (χ3v) is 3.23. The van der Waals surface area contributed by atoms with Crippen LogP contribution in [0.3, 0.4) is 0 Å². The molecule has 5 heteroatoms. The fourth-order valence-electron chi connectivity index (χ4n) is 2.46. The predicted molar refractivity (Wildman–Crippen MR) is 70.4 cm³/mol. The molecule has 1 unspecified atom stereocenters. The van der Waals surface area contributed by atoms with Crippen molar-refractivity contribution in [2.24, 2.45) is 11.8 Å². The molecule has 2 fully saturated rings. The van der Waals surface area contributed by atoms with Gasteiger partial charge in [0.25, 0.3) is 0 Å². The van der Waals surface area contributed by atoms with Gasteiger partial charge in [-0.25, -0.2) is 4.79 Å². The molecule has 0 aromatic heterocycles. The molecule has 1 saturated carbocycles. The number of rotatable bonds is 0. The summed E-state index contributed by atoms with van der Waals surface area (Å²) in [7, 11) is 1.54. The maximum absolute atomic E-state index is 10.5. The highest BCUT2D eigenvalue weighted by Crippen LogP contribution is 2.33. The van der Waals surface area contributed by atoms with Gasteiger partial charge >= 0.3 is 6.09 Å². The molecule has 1 aliphatic carbocycles. The molecule has 18 heavy (non-hydrogen) atoms. The number of ether oxygens (including phenoxy) is 1.